The first-order chi connectivity index (χ1) is 7.09. The summed E-state index contributed by atoms with van der Waals surface area (Å²) < 4.78 is 6.09. The molecule has 0 radical (unpaired) electrons. The van der Waals surface area contributed by atoms with Crippen molar-refractivity contribution in [3.63, 3.8) is 0 Å². The number of aryl methyl sites for hydroxylation is 1. The van der Waals surface area contributed by atoms with E-state index in [1.165, 1.54) is 0 Å². The van der Waals surface area contributed by atoms with Gasteiger partial charge in [-0.2, -0.15) is 0 Å². The SMILES string of the molecule is Cc1nc(-c2occc2Br)nc(Cl)c1C. The fourth-order valence-corrected chi connectivity index (χ4v) is 1.74. The molecule has 0 saturated carbocycles. The number of rotatable bonds is 1. The Bertz CT molecular complexity index is 487. The number of furan rings is 1. The second-order valence-electron chi connectivity index (χ2n) is 3.15. The van der Waals surface area contributed by atoms with Crippen LogP contribution < -0.4 is 0 Å². The molecule has 0 aliphatic carbocycles. The smallest absolute Gasteiger partial charge is 0.198 e. The number of hydrogen-bond acceptors (Lipinski definition) is 3. The molecule has 0 N–H and O–H groups in total. The fourth-order valence-electron chi connectivity index (χ4n) is 1.15. The van der Waals surface area contributed by atoms with Crippen molar-refractivity contribution < 1.29 is 4.42 Å². The lowest BCUT2D eigenvalue weighted by Crippen LogP contribution is -1.95. The van der Waals surface area contributed by atoms with Gasteiger partial charge in [0.05, 0.1) is 10.7 Å². The molecule has 0 aliphatic rings. The fraction of sp³-hybridized carbons (Fsp3) is 0.200. The molecule has 0 atom stereocenters. The van der Waals surface area contributed by atoms with Gasteiger partial charge in [-0.25, -0.2) is 9.97 Å². The highest BCUT2D eigenvalue weighted by Gasteiger charge is 2.13. The zero-order valence-corrected chi connectivity index (χ0v) is 10.6. The molecule has 0 unspecified atom stereocenters. The molecule has 0 saturated heterocycles. The Morgan fingerprint density at radius 2 is 2.07 bits per heavy atom. The lowest BCUT2D eigenvalue weighted by molar-refractivity contribution is 0.575. The summed E-state index contributed by atoms with van der Waals surface area (Å²) in [6.45, 7) is 3.78. The second-order valence-corrected chi connectivity index (χ2v) is 4.36. The molecule has 2 heterocycles. The van der Waals surface area contributed by atoms with E-state index in [2.05, 4.69) is 25.9 Å². The normalized spacial score (nSPS) is 10.7. The maximum atomic E-state index is 5.98. The van der Waals surface area contributed by atoms with Crippen LogP contribution in [0.4, 0.5) is 0 Å². The van der Waals surface area contributed by atoms with Crippen molar-refractivity contribution in [1.82, 2.24) is 9.97 Å². The van der Waals surface area contributed by atoms with E-state index in [0.717, 1.165) is 15.7 Å². The quantitative estimate of drug-likeness (QED) is 0.749. The Labute approximate surface area is 101 Å². The van der Waals surface area contributed by atoms with Crippen molar-refractivity contribution in [1.29, 1.82) is 0 Å². The summed E-state index contributed by atoms with van der Waals surface area (Å²) in [7, 11) is 0. The van der Waals surface area contributed by atoms with Gasteiger partial charge in [0.2, 0.25) is 0 Å². The lowest BCUT2D eigenvalue weighted by atomic mass is 10.2. The van der Waals surface area contributed by atoms with Gasteiger partial charge in [0, 0.05) is 11.3 Å². The Morgan fingerprint density at radius 1 is 1.33 bits per heavy atom. The number of nitrogens with zero attached hydrogens (tertiary/aromatic N) is 2. The minimum Gasteiger partial charge on any atom is -0.460 e. The van der Waals surface area contributed by atoms with Gasteiger partial charge < -0.3 is 4.42 Å². The average molecular weight is 288 g/mol. The molecule has 0 aliphatic heterocycles. The lowest BCUT2D eigenvalue weighted by Gasteiger charge is -2.03. The number of aromatic nitrogens is 2. The van der Waals surface area contributed by atoms with E-state index >= 15 is 0 Å². The molecule has 2 rings (SSSR count). The number of hydrogen-bond donors (Lipinski definition) is 0. The zero-order valence-electron chi connectivity index (χ0n) is 8.21. The first-order valence-electron chi connectivity index (χ1n) is 4.33. The van der Waals surface area contributed by atoms with Gasteiger partial charge in [-0.15, -0.1) is 0 Å². The van der Waals surface area contributed by atoms with Gasteiger partial charge >= 0.3 is 0 Å². The largest absolute Gasteiger partial charge is 0.460 e. The summed E-state index contributed by atoms with van der Waals surface area (Å²) in [4.78, 5) is 8.48. The van der Waals surface area contributed by atoms with E-state index in [0.29, 0.717) is 16.7 Å². The average Bonchev–Trinajstić information content (AvgIpc) is 2.60. The molecule has 78 valence electrons. The summed E-state index contributed by atoms with van der Waals surface area (Å²) in [6.07, 6.45) is 1.58. The van der Waals surface area contributed by atoms with Crippen LogP contribution in [0.1, 0.15) is 11.3 Å². The molecule has 0 bridgehead atoms. The van der Waals surface area contributed by atoms with Gasteiger partial charge in [-0.1, -0.05) is 11.6 Å². The van der Waals surface area contributed by atoms with Crippen molar-refractivity contribution in [2.75, 3.05) is 0 Å². The predicted octanol–water partition coefficient (Wildman–Crippen LogP) is 3.77. The first kappa shape index (κ1) is 10.6. The monoisotopic (exact) mass is 286 g/mol. The molecule has 0 amide bonds. The number of halogens is 2. The molecule has 0 aromatic carbocycles. The molecule has 5 heteroatoms. The van der Waals surface area contributed by atoms with Gasteiger partial charge in [0.15, 0.2) is 11.6 Å². The van der Waals surface area contributed by atoms with Gasteiger partial charge in [0.1, 0.15) is 5.15 Å². The Hall–Kier alpha value is -0.870. The van der Waals surface area contributed by atoms with Crippen LogP contribution in [0.15, 0.2) is 21.2 Å². The summed E-state index contributed by atoms with van der Waals surface area (Å²) in [6, 6.07) is 1.79. The van der Waals surface area contributed by atoms with Crippen LogP contribution in [-0.2, 0) is 0 Å². The minimum absolute atomic E-state index is 0.459. The van der Waals surface area contributed by atoms with Crippen LogP contribution in [-0.4, -0.2) is 9.97 Å². The van der Waals surface area contributed by atoms with Gasteiger partial charge in [-0.3, -0.25) is 0 Å². The van der Waals surface area contributed by atoms with Crippen LogP contribution in [0.5, 0.6) is 0 Å². The highest BCUT2D eigenvalue weighted by molar-refractivity contribution is 9.10. The molecule has 3 nitrogen and oxygen atoms in total. The molecular formula is C10H8BrClN2O. The van der Waals surface area contributed by atoms with Crippen molar-refractivity contribution in [2.24, 2.45) is 0 Å². The molecule has 2 aromatic heterocycles. The summed E-state index contributed by atoms with van der Waals surface area (Å²) in [5.74, 6) is 1.10. The third kappa shape index (κ3) is 1.92. The molecule has 0 fully saturated rings. The van der Waals surface area contributed by atoms with Crippen molar-refractivity contribution >= 4 is 27.5 Å². The van der Waals surface area contributed by atoms with Gasteiger partial charge in [0.25, 0.3) is 0 Å². The zero-order chi connectivity index (χ0) is 11.0. The maximum Gasteiger partial charge on any atom is 0.198 e. The third-order valence-corrected chi connectivity index (χ3v) is 3.14. The maximum absolute atomic E-state index is 5.98. The molecule has 15 heavy (non-hydrogen) atoms. The van der Waals surface area contributed by atoms with E-state index in [1.807, 2.05) is 13.8 Å². The van der Waals surface area contributed by atoms with Crippen molar-refractivity contribution in [3.05, 3.63) is 33.2 Å². The summed E-state index contributed by atoms with van der Waals surface area (Å²) in [5.41, 5.74) is 1.75. The summed E-state index contributed by atoms with van der Waals surface area (Å²) >= 11 is 9.33. The van der Waals surface area contributed by atoms with Crippen LogP contribution >= 0.6 is 27.5 Å². The standard InChI is InChI=1S/C10H8BrClN2O/c1-5-6(2)13-10(14-9(5)12)8-7(11)3-4-15-8/h3-4H,1-2H3. The summed E-state index contributed by atoms with van der Waals surface area (Å²) in [5, 5.41) is 0.459. The van der Waals surface area contributed by atoms with Crippen LogP contribution in [0, 0.1) is 13.8 Å². The highest BCUT2D eigenvalue weighted by Crippen LogP contribution is 2.28. The predicted molar refractivity (Wildman–Crippen MR) is 61.9 cm³/mol. The second kappa shape index (κ2) is 3.94. The molecule has 0 spiro atoms. The Kier molecular flexibility index (Phi) is 2.80. The molecule has 2 aromatic rings. The topological polar surface area (TPSA) is 38.9 Å². The van der Waals surface area contributed by atoms with E-state index < -0.39 is 0 Å². The van der Waals surface area contributed by atoms with Crippen molar-refractivity contribution in [2.45, 2.75) is 13.8 Å². The van der Waals surface area contributed by atoms with Crippen LogP contribution in [0.3, 0.4) is 0 Å². The van der Waals surface area contributed by atoms with E-state index in [1.54, 1.807) is 12.3 Å². The van der Waals surface area contributed by atoms with Crippen LogP contribution in [0.2, 0.25) is 5.15 Å². The van der Waals surface area contributed by atoms with E-state index in [9.17, 15) is 0 Å². The Balaban J connectivity index is 2.60. The van der Waals surface area contributed by atoms with E-state index in [-0.39, 0.29) is 0 Å². The minimum atomic E-state index is 0.459. The van der Waals surface area contributed by atoms with E-state index in [4.69, 9.17) is 16.0 Å². The Morgan fingerprint density at radius 3 is 2.60 bits per heavy atom. The van der Waals surface area contributed by atoms with Gasteiger partial charge in [-0.05, 0) is 35.8 Å². The highest BCUT2D eigenvalue weighted by atomic mass is 79.9. The van der Waals surface area contributed by atoms with Crippen LogP contribution in [0.25, 0.3) is 11.6 Å². The first-order valence-corrected chi connectivity index (χ1v) is 5.51. The molecular weight excluding hydrogens is 279 g/mol. The third-order valence-electron chi connectivity index (χ3n) is 2.15. The van der Waals surface area contributed by atoms with Crippen molar-refractivity contribution in [3.8, 4) is 11.6 Å².